The van der Waals surface area contributed by atoms with Crippen LogP contribution in [-0.4, -0.2) is 14.9 Å². The number of aromatic amines is 1. The first-order valence-electron chi connectivity index (χ1n) is 3.23. The summed E-state index contributed by atoms with van der Waals surface area (Å²) in [6.07, 6.45) is 0. The van der Waals surface area contributed by atoms with E-state index in [1.165, 1.54) is 0 Å². The number of aryl methyl sites for hydroxylation is 2. The Bertz CT molecular complexity index is 279. The minimum absolute atomic E-state index is 0.198. The molecule has 0 spiro atoms. The third kappa shape index (κ3) is 1.76. The van der Waals surface area contributed by atoms with E-state index in [1.807, 2.05) is 0 Å². The van der Waals surface area contributed by atoms with Crippen molar-refractivity contribution in [3.05, 3.63) is 27.3 Å². The first-order valence-corrected chi connectivity index (χ1v) is 3.23. The van der Waals surface area contributed by atoms with Crippen LogP contribution in [-0.2, 0) is 6.54 Å². The molecule has 0 aromatic carbocycles. The molecule has 5 nitrogen and oxygen atoms in total. The molecule has 0 atom stereocenters. The van der Waals surface area contributed by atoms with Gasteiger partial charge in [0.15, 0.2) is 0 Å². The Morgan fingerprint density at radius 3 is 2.64 bits per heavy atom. The van der Waals surface area contributed by atoms with E-state index in [1.54, 1.807) is 13.8 Å². The number of nitro groups is 1. The van der Waals surface area contributed by atoms with Gasteiger partial charge in [0.25, 0.3) is 0 Å². The van der Waals surface area contributed by atoms with Crippen molar-refractivity contribution >= 4 is 0 Å². The Hall–Kier alpha value is -1.39. The van der Waals surface area contributed by atoms with Crippen molar-refractivity contribution in [3.8, 4) is 0 Å². The maximum absolute atomic E-state index is 10.1. The van der Waals surface area contributed by atoms with Crippen LogP contribution < -0.4 is 0 Å². The zero-order valence-corrected chi connectivity index (χ0v) is 6.42. The van der Waals surface area contributed by atoms with E-state index in [0.717, 1.165) is 11.5 Å². The summed E-state index contributed by atoms with van der Waals surface area (Å²) < 4.78 is 0. The standard InChI is InChI=1S/C6H9N3O2/c1-4-6(3-9(10)11)8-5(2)7-4/h3H2,1-2H3,(H,7,8). The highest BCUT2D eigenvalue weighted by Crippen LogP contribution is 2.04. The predicted molar refractivity (Wildman–Crippen MR) is 38.8 cm³/mol. The second kappa shape index (κ2) is 2.69. The Morgan fingerprint density at radius 2 is 2.27 bits per heavy atom. The number of H-pyrrole nitrogens is 1. The third-order valence-electron chi connectivity index (χ3n) is 1.38. The summed E-state index contributed by atoms with van der Waals surface area (Å²) in [6.45, 7) is 3.35. The lowest BCUT2D eigenvalue weighted by Gasteiger charge is -1.88. The molecule has 0 aliphatic rings. The summed E-state index contributed by atoms with van der Waals surface area (Å²) in [6, 6.07) is 0. The highest BCUT2D eigenvalue weighted by atomic mass is 16.6. The van der Waals surface area contributed by atoms with Crippen LogP contribution in [0.2, 0.25) is 0 Å². The molecule has 1 rings (SSSR count). The Kier molecular flexibility index (Phi) is 1.89. The van der Waals surface area contributed by atoms with E-state index in [0.29, 0.717) is 5.69 Å². The van der Waals surface area contributed by atoms with E-state index < -0.39 is 0 Å². The average molecular weight is 155 g/mol. The molecule has 1 N–H and O–H groups in total. The lowest BCUT2D eigenvalue weighted by molar-refractivity contribution is -0.497. The third-order valence-corrected chi connectivity index (χ3v) is 1.38. The number of imidazole rings is 1. The lowest BCUT2D eigenvalue weighted by atomic mass is 10.3. The Morgan fingerprint density at radius 1 is 1.64 bits per heavy atom. The van der Waals surface area contributed by atoms with Crippen molar-refractivity contribution in [3.63, 3.8) is 0 Å². The number of nitrogens with zero attached hydrogens (tertiary/aromatic N) is 2. The van der Waals surface area contributed by atoms with E-state index in [9.17, 15) is 10.1 Å². The van der Waals surface area contributed by atoms with Crippen molar-refractivity contribution < 1.29 is 4.92 Å². The summed E-state index contributed by atoms with van der Waals surface area (Å²) in [5.74, 6) is 0.722. The number of hydrogen-bond acceptors (Lipinski definition) is 3. The van der Waals surface area contributed by atoms with Crippen molar-refractivity contribution in [2.24, 2.45) is 0 Å². The quantitative estimate of drug-likeness (QED) is 0.507. The van der Waals surface area contributed by atoms with Crippen LogP contribution >= 0.6 is 0 Å². The average Bonchev–Trinajstić information content (AvgIpc) is 2.09. The van der Waals surface area contributed by atoms with Crippen LogP contribution in [0.25, 0.3) is 0 Å². The number of nitrogens with one attached hydrogen (secondary N) is 1. The normalized spacial score (nSPS) is 10.0. The fourth-order valence-electron chi connectivity index (χ4n) is 0.934. The fraction of sp³-hybridized carbons (Fsp3) is 0.500. The Balaban J connectivity index is 2.85. The molecule has 0 saturated heterocycles. The first-order chi connectivity index (χ1) is 5.09. The molecule has 0 saturated carbocycles. The molecule has 1 aromatic heterocycles. The van der Waals surface area contributed by atoms with Crippen molar-refractivity contribution in [1.29, 1.82) is 0 Å². The van der Waals surface area contributed by atoms with Crippen LogP contribution in [0.15, 0.2) is 0 Å². The van der Waals surface area contributed by atoms with E-state index >= 15 is 0 Å². The van der Waals surface area contributed by atoms with E-state index in [-0.39, 0.29) is 11.5 Å². The largest absolute Gasteiger partial charge is 0.346 e. The molecular formula is C6H9N3O2. The first kappa shape index (κ1) is 7.71. The van der Waals surface area contributed by atoms with Crippen LogP contribution in [0, 0.1) is 24.0 Å². The molecule has 1 heterocycles. The van der Waals surface area contributed by atoms with Gasteiger partial charge in [-0.05, 0) is 13.8 Å². The molecule has 0 aliphatic carbocycles. The molecule has 0 unspecified atom stereocenters. The van der Waals surface area contributed by atoms with Gasteiger partial charge in [0.05, 0.1) is 0 Å². The van der Waals surface area contributed by atoms with Gasteiger partial charge in [-0.1, -0.05) is 0 Å². The van der Waals surface area contributed by atoms with Gasteiger partial charge in [-0.25, -0.2) is 4.98 Å². The lowest BCUT2D eigenvalue weighted by Crippen LogP contribution is -1.99. The highest BCUT2D eigenvalue weighted by Gasteiger charge is 2.08. The highest BCUT2D eigenvalue weighted by molar-refractivity contribution is 5.10. The molecule has 1 aromatic rings. The Labute approximate surface area is 63.6 Å². The molecule has 5 heteroatoms. The molecule has 60 valence electrons. The van der Waals surface area contributed by atoms with Gasteiger partial charge in [0.1, 0.15) is 11.5 Å². The van der Waals surface area contributed by atoms with Gasteiger partial charge in [-0.15, -0.1) is 0 Å². The van der Waals surface area contributed by atoms with Crippen LogP contribution in [0.4, 0.5) is 0 Å². The molecule has 0 bridgehead atoms. The van der Waals surface area contributed by atoms with Gasteiger partial charge in [-0.3, -0.25) is 10.1 Å². The summed E-state index contributed by atoms with van der Waals surface area (Å²) in [7, 11) is 0. The van der Waals surface area contributed by atoms with Crippen LogP contribution in [0.1, 0.15) is 17.2 Å². The molecule has 0 radical (unpaired) electrons. The summed E-state index contributed by atoms with van der Waals surface area (Å²) >= 11 is 0. The molecular weight excluding hydrogens is 146 g/mol. The summed E-state index contributed by atoms with van der Waals surface area (Å²) in [5.41, 5.74) is 1.30. The van der Waals surface area contributed by atoms with Gasteiger partial charge in [0, 0.05) is 10.6 Å². The number of aromatic nitrogens is 2. The maximum atomic E-state index is 10.1. The van der Waals surface area contributed by atoms with E-state index in [4.69, 9.17) is 0 Å². The smallest absolute Gasteiger partial charge is 0.247 e. The number of rotatable bonds is 2. The summed E-state index contributed by atoms with van der Waals surface area (Å²) in [5, 5.41) is 10.1. The SMILES string of the molecule is Cc1nc(C[N+](=O)[O-])c(C)[nH]1. The van der Waals surface area contributed by atoms with E-state index in [2.05, 4.69) is 9.97 Å². The zero-order chi connectivity index (χ0) is 8.43. The van der Waals surface area contributed by atoms with Crippen molar-refractivity contribution in [2.75, 3.05) is 0 Å². The maximum Gasteiger partial charge on any atom is 0.247 e. The molecule has 0 amide bonds. The second-order valence-electron chi connectivity index (χ2n) is 2.38. The van der Waals surface area contributed by atoms with Gasteiger partial charge in [0.2, 0.25) is 6.54 Å². The minimum atomic E-state index is -0.386. The van der Waals surface area contributed by atoms with Gasteiger partial charge in [-0.2, -0.15) is 0 Å². The second-order valence-corrected chi connectivity index (χ2v) is 2.38. The van der Waals surface area contributed by atoms with Crippen LogP contribution in [0.3, 0.4) is 0 Å². The molecule has 11 heavy (non-hydrogen) atoms. The van der Waals surface area contributed by atoms with Crippen LogP contribution in [0.5, 0.6) is 0 Å². The molecule has 0 aliphatic heterocycles. The van der Waals surface area contributed by atoms with Gasteiger partial charge < -0.3 is 4.98 Å². The summed E-state index contributed by atoms with van der Waals surface area (Å²) in [4.78, 5) is 16.5. The number of hydrogen-bond donors (Lipinski definition) is 1. The predicted octanol–water partition coefficient (Wildman–Crippen LogP) is 0.803. The zero-order valence-electron chi connectivity index (χ0n) is 6.42. The topological polar surface area (TPSA) is 71.8 Å². The van der Waals surface area contributed by atoms with Crippen molar-refractivity contribution in [1.82, 2.24) is 9.97 Å². The minimum Gasteiger partial charge on any atom is -0.346 e. The molecule has 0 fully saturated rings. The van der Waals surface area contributed by atoms with Gasteiger partial charge >= 0.3 is 0 Å². The van der Waals surface area contributed by atoms with Crippen molar-refractivity contribution in [2.45, 2.75) is 20.4 Å². The fourth-order valence-corrected chi connectivity index (χ4v) is 0.934. The monoisotopic (exact) mass is 155 g/mol.